The number of thiophene rings is 1. The molecule has 2 aliphatic rings. The van der Waals surface area contributed by atoms with Crippen LogP contribution < -0.4 is 0 Å². The number of rotatable bonds is 4. The van der Waals surface area contributed by atoms with E-state index >= 15 is 0 Å². The first kappa shape index (κ1) is 14.6. The third-order valence-electron chi connectivity index (χ3n) is 5.97. The zero-order valence-electron chi connectivity index (χ0n) is 13.0. The fourth-order valence-corrected chi connectivity index (χ4v) is 5.65. The normalized spacial score (nSPS) is 35.0. The van der Waals surface area contributed by atoms with Crippen molar-refractivity contribution in [3.05, 3.63) is 22.4 Å². The van der Waals surface area contributed by atoms with Crippen LogP contribution in [-0.4, -0.2) is 0 Å². The topological polar surface area (TPSA) is 0 Å². The van der Waals surface area contributed by atoms with Crippen molar-refractivity contribution in [3.8, 4) is 0 Å². The minimum Gasteiger partial charge on any atom is -0.149 e. The fraction of sp³-hybridized carbons (Fsp3) is 0.789. The molecule has 0 saturated heterocycles. The summed E-state index contributed by atoms with van der Waals surface area (Å²) < 4.78 is 0. The van der Waals surface area contributed by atoms with E-state index in [-0.39, 0.29) is 0 Å². The van der Waals surface area contributed by atoms with Gasteiger partial charge >= 0.3 is 0 Å². The van der Waals surface area contributed by atoms with Gasteiger partial charge in [-0.3, -0.25) is 0 Å². The van der Waals surface area contributed by atoms with E-state index in [1.807, 2.05) is 11.3 Å². The summed E-state index contributed by atoms with van der Waals surface area (Å²) in [7, 11) is 0. The van der Waals surface area contributed by atoms with Gasteiger partial charge in [-0.05, 0) is 73.6 Å². The molecule has 1 heterocycles. The molecule has 0 spiro atoms. The third kappa shape index (κ3) is 3.47. The van der Waals surface area contributed by atoms with E-state index in [0.717, 1.165) is 23.7 Å². The smallest absolute Gasteiger partial charge is 0.00761 e. The Bertz CT molecular complexity index is 364. The molecule has 0 nitrogen and oxygen atoms in total. The average molecular weight is 291 g/mol. The summed E-state index contributed by atoms with van der Waals surface area (Å²) in [4.78, 5) is 1.65. The molecule has 0 aliphatic heterocycles. The Morgan fingerprint density at radius 3 is 2.15 bits per heavy atom. The molecule has 1 aromatic rings. The van der Waals surface area contributed by atoms with Crippen molar-refractivity contribution in [2.24, 2.45) is 17.8 Å². The van der Waals surface area contributed by atoms with Crippen LogP contribution in [0.25, 0.3) is 0 Å². The Hall–Kier alpha value is -0.300. The standard InChI is InChI=1S/C19H30S/c1-2-4-15-6-8-16(9-7-15)17-10-12-18(13-11-17)19-5-3-14-20-19/h3,5,14-18H,2,4,6-13H2,1H3. The van der Waals surface area contributed by atoms with Gasteiger partial charge in [-0.1, -0.05) is 38.7 Å². The molecule has 112 valence electrons. The molecule has 0 atom stereocenters. The highest BCUT2D eigenvalue weighted by atomic mass is 32.1. The van der Waals surface area contributed by atoms with Crippen LogP contribution in [0, 0.1) is 17.8 Å². The molecule has 1 heteroatoms. The van der Waals surface area contributed by atoms with Crippen molar-refractivity contribution in [3.63, 3.8) is 0 Å². The van der Waals surface area contributed by atoms with E-state index in [0.29, 0.717) is 0 Å². The van der Waals surface area contributed by atoms with Crippen LogP contribution in [-0.2, 0) is 0 Å². The minimum atomic E-state index is 0.891. The summed E-state index contributed by atoms with van der Waals surface area (Å²) in [6, 6.07) is 4.58. The Labute approximate surface area is 129 Å². The SMILES string of the molecule is CCCC1CCC(C2CCC(c3cccs3)CC2)CC1. The second-order valence-corrected chi connectivity index (χ2v) is 8.18. The zero-order valence-corrected chi connectivity index (χ0v) is 13.8. The first-order valence-corrected chi connectivity index (χ1v) is 9.78. The predicted octanol–water partition coefficient (Wildman–Crippen LogP) is 6.63. The van der Waals surface area contributed by atoms with Gasteiger partial charge < -0.3 is 0 Å². The molecule has 0 aromatic carbocycles. The molecule has 3 rings (SSSR count). The van der Waals surface area contributed by atoms with Crippen molar-refractivity contribution >= 4 is 11.3 Å². The molecular formula is C19H30S. The van der Waals surface area contributed by atoms with Gasteiger partial charge in [0.15, 0.2) is 0 Å². The third-order valence-corrected chi connectivity index (χ3v) is 7.01. The van der Waals surface area contributed by atoms with Crippen LogP contribution in [0.5, 0.6) is 0 Å². The summed E-state index contributed by atoms with van der Waals surface area (Å²) in [5, 5.41) is 2.25. The van der Waals surface area contributed by atoms with Gasteiger partial charge in [0.2, 0.25) is 0 Å². The summed E-state index contributed by atoms with van der Waals surface area (Å²) in [6.07, 6.45) is 14.9. The Morgan fingerprint density at radius 2 is 1.60 bits per heavy atom. The van der Waals surface area contributed by atoms with Crippen LogP contribution in [0.3, 0.4) is 0 Å². The Morgan fingerprint density at radius 1 is 0.950 bits per heavy atom. The van der Waals surface area contributed by atoms with Crippen molar-refractivity contribution < 1.29 is 0 Å². The maximum absolute atomic E-state index is 2.35. The molecular weight excluding hydrogens is 260 g/mol. The number of hydrogen-bond donors (Lipinski definition) is 0. The maximum Gasteiger partial charge on any atom is 0.00761 e. The van der Waals surface area contributed by atoms with Crippen molar-refractivity contribution in [2.45, 2.75) is 77.0 Å². The van der Waals surface area contributed by atoms with Crippen molar-refractivity contribution in [1.82, 2.24) is 0 Å². The van der Waals surface area contributed by atoms with Crippen molar-refractivity contribution in [2.75, 3.05) is 0 Å². The van der Waals surface area contributed by atoms with Crippen LogP contribution in [0.15, 0.2) is 17.5 Å². The van der Waals surface area contributed by atoms with Crippen LogP contribution in [0.4, 0.5) is 0 Å². The first-order chi connectivity index (χ1) is 9.86. The molecule has 0 unspecified atom stereocenters. The Kier molecular flexibility index (Phi) is 5.20. The molecule has 0 radical (unpaired) electrons. The highest BCUT2D eigenvalue weighted by molar-refractivity contribution is 7.10. The fourth-order valence-electron chi connectivity index (χ4n) is 4.76. The monoisotopic (exact) mass is 290 g/mol. The average Bonchev–Trinajstić information content (AvgIpc) is 3.03. The second kappa shape index (κ2) is 7.11. The van der Waals surface area contributed by atoms with E-state index < -0.39 is 0 Å². The lowest BCUT2D eigenvalue weighted by atomic mass is 9.68. The summed E-state index contributed by atoms with van der Waals surface area (Å²) in [6.45, 7) is 2.35. The lowest BCUT2D eigenvalue weighted by Crippen LogP contribution is -2.25. The van der Waals surface area contributed by atoms with Crippen LogP contribution in [0.1, 0.15) is 81.9 Å². The Balaban J connectivity index is 1.45. The molecule has 2 saturated carbocycles. The maximum atomic E-state index is 2.35. The van der Waals surface area contributed by atoms with Gasteiger partial charge in [0.05, 0.1) is 0 Å². The molecule has 1 aromatic heterocycles. The second-order valence-electron chi connectivity index (χ2n) is 7.20. The molecule has 0 N–H and O–H groups in total. The molecule has 2 fully saturated rings. The quantitative estimate of drug-likeness (QED) is 0.584. The molecule has 20 heavy (non-hydrogen) atoms. The van der Waals surface area contributed by atoms with Gasteiger partial charge in [0.25, 0.3) is 0 Å². The summed E-state index contributed by atoms with van der Waals surface area (Å²) in [5.74, 6) is 4.10. The van der Waals surface area contributed by atoms with E-state index in [9.17, 15) is 0 Å². The highest BCUT2D eigenvalue weighted by Gasteiger charge is 2.31. The first-order valence-electron chi connectivity index (χ1n) is 8.90. The zero-order chi connectivity index (χ0) is 13.8. The molecule has 2 aliphatic carbocycles. The minimum absolute atomic E-state index is 0.891. The van der Waals surface area contributed by atoms with Crippen LogP contribution >= 0.6 is 11.3 Å². The predicted molar refractivity (Wildman–Crippen MR) is 89.4 cm³/mol. The van der Waals surface area contributed by atoms with E-state index in [4.69, 9.17) is 0 Å². The van der Waals surface area contributed by atoms with Gasteiger partial charge in [-0.15, -0.1) is 11.3 Å². The molecule has 0 amide bonds. The van der Waals surface area contributed by atoms with Gasteiger partial charge in [0, 0.05) is 4.88 Å². The van der Waals surface area contributed by atoms with Gasteiger partial charge in [-0.2, -0.15) is 0 Å². The number of hydrogen-bond acceptors (Lipinski definition) is 1. The van der Waals surface area contributed by atoms with E-state index in [1.54, 1.807) is 17.7 Å². The summed E-state index contributed by atoms with van der Waals surface area (Å²) >= 11 is 1.97. The largest absolute Gasteiger partial charge is 0.149 e. The van der Waals surface area contributed by atoms with Gasteiger partial charge in [-0.25, -0.2) is 0 Å². The lowest BCUT2D eigenvalue weighted by molar-refractivity contribution is 0.157. The lowest BCUT2D eigenvalue weighted by Gasteiger charge is -2.37. The van der Waals surface area contributed by atoms with E-state index in [1.165, 1.54) is 51.4 Å². The van der Waals surface area contributed by atoms with Gasteiger partial charge in [0.1, 0.15) is 0 Å². The summed E-state index contributed by atoms with van der Waals surface area (Å²) in [5.41, 5.74) is 0. The van der Waals surface area contributed by atoms with Crippen molar-refractivity contribution in [1.29, 1.82) is 0 Å². The van der Waals surface area contributed by atoms with E-state index in [2.05, 4.69) is 24.4 Å². The highest BCUT2D eigenvalue weighted by Crippen LogP contribution is 2.45. The molecule has 0 bridgehead atoms. The van der Waals surface area contributed by atoms with Crippen LogP contribution in [0.2, 0.25) is 0 Å².